The van der Waals surface area contributed by atoms with Gasteiger partial charge in [-0.1, -0.05) is 26.7 Å². The minimum atomic E-state index is -0.185. The largest absolute Gasteiger partial charge is 0.385 e. The van der Waals surface area contributed by atoms with Gasteiger partial charge in [-0.05, 0) is 31.2 Å². The van der Waals surface area contributed by atoms with Crippen LogP contribution in [0.1, 0.15) is 46.0 Å². The first-order valence-corrected chi connectivity index (χ1v) is 7.31. The van der Waals surface area contributed by atoms with E-state index in [9.17, 15) is 4.79 Å². The Kier molecular flexibility index (Phi) is 8.07. The summed E-state index contributed by atoms with van der Waals surface area (Å²) in [6.07, 6.45) is 5.16. The first-order chi connectivity index (χ1) is 8.87. The average Bonchev–Trinajstić information content (AvgIpc) is 2.85. The molecule has 120 valence electrons. The summed E-state index contributed by atoms with van der Waals surface area (Å²) < 4.78 is 5.19. The molecule has 1 aliphatic rings. The van der Waals surface area contributed by atoms with Gasteiger partial charge in [-0.15, -0.1) is 12.4 Å². The van der Waals surface area contributed by atoms with Crippen molar-refractivity contribution in [3.63, 3.8) is 0 Å². The summed E-state index contributed by atoms with van der Waals surface area (Å²) in [5.41, 5.74) is 5.56. The Hall–Kier alpha value is -0.320. The fourth-order valence-electron chi connectivity index (χ4n) is 3.10. The van der Waals surface area contributed by atoms with Crippen LogP contribution in [0.5, 0.6) is 0 Å². The number of carbonyl (C=O) groups is 1. The molecule has 1 rings (SSSR count). The standard InChI is InChI=1S/C15H30N2O2.ClH/c1-14(2,11-16)12-17(3)13(18)15(9-10-19-4)7-5-6-8-15;/h5-12,16H2,1-4H3;1H. The minimum absolute atomic E-state index is 0. The number of halogens is 1. The Morgan fingerprint density at radius 1 is 1.35 bits per heavy atom. The van der Waals surface area contributed by atoms with Crippen molar-refractivity contribution in [2.45, 2.75) is 46.0 Å². The Balaban J connectivity index is 0.00000361. The summed E-state index contributed by atoms with van der Waals surface area (Å²) in [7, 11) is 3.61. The smallest absolute Gasteiger partial charge is 0.228 e. The molecule has 1 aliphatic carbocycles. The topological polar surface area (TPSA) is 55.6 Å². The molecule has 0 saturated heterocycles. The fraction of sp³-hybridized carbons (Fsp3) is 0.933. The zero-order valence-electron chi connectivity index (χ0n) is 13.4. The van der Waals surface area contributed by atoms with E-state index < -0.39 is 0 Å². The van der Waals surface area contributed by atoms with Crippen LogP contribution in [0.4, 0.5) is 0 Å². The van der Waals surface area contributed by atoms with Gasteiger partial charge in [0.15, 0.2) is 0 Å². The SMILES string of the molecule is COCCC1(C(=O)N(C)CC(C)(C)CN)CCCC1.Cl. The third-order valence-electron chi connectivity index (χ3n) is 4.36. The van der Waals surface area contributed by atoms with Crippen molar-refractivity contribution in [2.75, 3.05) is 33.9 Å². The molecule has 0 spiro atoms. The second-order valence-electron chi connectivity index (χ2n) is 6.76. The first-order valence-electron chi connectivity index (χ1n) is 7.31. The second kappa shape index (κ2) is 8.20. The van der Waals surface area contributed by atoms with E-state index in [2.05, 4.69) is 13.8 Å². The van der Waals surface area contributed by atoms with Crippen LogP contribution in [0.3, 0.4) is 0 Å². The quantitative estimate of drug-likeness (QED) is 0.786. The predicted molar refractivity (Wildman–Crippen MR) is 85.1 cm³/mol. The molecule has 0 unspecified atom stereocenters. The molecule has 0 aromatic heterocycles. The van der Waals surface area contributed by atoms with Gasteiger partial charge >= 0.3 is 0 Å². The van der Waals surface area contributed by atoms with Gasteiger partial charge in [-0.25, -0.2) is 0 Å². The number of amides is 1. The normalized spacial score (nSPS) is 17.6. The van der Waals surface area contributed by atoms with Crippen molar-refractivity contribution in [3.8, 4) is 0 Å². The second-order valence-corrected chi connectivity index (χ2v) is 6.76. The lowest BCUT2D eigenvalue weighted by Gasteiger charge is -2.36. The zero-order valence-corrected chi connectivity index (χ0v) is 14.2. The van der Waals surface area contributed by atoms with Crippen molar-refractivity contribution in [2.24, 2.45) is 16.6 Å². The molecule has 20 heavy (non-hydrogen) atoms. The van der Waals surface area contributed by atoms with Crippen molar-refractivity contribution in [1.82, 2.24) is 4.90 Å². The third-order valence-corrected chi connectivity index (χ3v) is 4.36. The maximum absolute atomic E-state index is 12.8. The summed E-state index contributed by atoms with van der Waals surface area (Å²) in [4.78, 5) is 14.7. The number of hydrogen-bond donors (Lipinski definition) is 1. The van der Waals surface area contributed by atoms with E-state index in [4.69, 9.17) is 10.5 Å². The maximum atomic E-state index is 12.8. The van der Waals surface area contributed by atoms with Crippen LogP contribution in [0.15, 0.2) is 0 Å². The van der Waals surface area contributed by atoms with Crippen LogP contribution in [-0.2, 0) is 9.53 Å². The molecule has 0 radical (unpaired) electrons. The molecule has 2 N–H and O–H groups in total. The summed E-state index contributed by atoms with van der Waals surface area (Å²) in [5.74, 6) is 0.281. The van der Waals surface area contributed by atoms with Gasteiger partial charge in [0.1, 0.15) is 0 Å². The summed E-state index contributed by atoms with van der Waals surface area (Å²) in [6.45, 7) is 6.19. The number of ether oxygens (including phenoxy) is 1. The number of rotatable bonds is 7. The predicted octanol–water partition coefficient (Wildman–Crippen LogP) is 2.45. The van der Waals surface area contributed by atoms with E-state index >= 15 is 0 Å². The van der Waals surface area contributed by atoms with Gasteiger partial charge in [-0.3, -0.25) is 4.79 Å². The van der Waals surface area contributed by atoms with Gasteiger partial charge in [-0.2, -0.15) is 0 Å². The fourth-order valence-corrected chi connectivity index (χ4v) is 3.10. The van der Waals surface area contributed by atoms with Gasteiger partial charge < -0.3 is 15.4 Å². The van der Waals surface area contributed by atoms with Gasteiger partial charge in [0.25, 0.3) is 0 Å². The molecule has 1 amide bonds. The van der Waals surface area contributed by atoms with Crippen molar-refractivity contribution in [3.05, 3.63) is 0 Å². The lowest BCUT2D eigenvalue weighted by Crippen LogP contribution is -2.46. The average molecular weight is 307 g/mol. The molecule has 1 fully saturated rings. The molecular weight excluding hydrogens is 276 g/mol. The Morgan fingerprint density at radius 2 is 1.90 bits per heavy atom. The highest BCUT2D eigenvalue weighted by Gasteiger charge is 2.42. The zero-order chi connectivity index (χ0) is 14.5. The highest BCUT2D eigenvalue weighted by atomic mass is 35.5. The van der Waals surface area contributed by atoms with E-state index in [1.165, 1.54) is 0 Å². The Morgan fingerprint density at radius 3 is 2.35 bits per heavy atom. The van der Waals surface area contributed by atoms with E-state index in [0.29, 0.717) is 13.2 Å². The summed E-state index contributed by atoms with van der Waals surface area (Å²) in [6, 6.07) is 0. The molecule has 5 heteroatoms. The van der Waals surface area contributed by atoms with Gasteiger partial charge in [0.05, 0.1) is 5.41 Å². The van der Waals surface area contributed by atoms with Crippen LogP contribution in [0.2, 0.25) is 0 Å². The molecule has 1 saturated carbocycles. The monoisotopic (exact) mass is 306 g/mol. The molecule has 0 heterocycles. The molecule has 4 nitrogen and oxygen atoms in total. The number of carbonyl (C=O) groups excluding carboxylic acids is 1. The van der Waals surface area contributed by atoms with Gasteiger partial charge in [0, 0.05) is 27.3 Å². The molecule has 0 bridgehead atoms. The minimum Gasteiger partial charge on any atom is -0.385 e. The molecule has 0 aromatic rings. The Bertz CT molecular complexity index is 302. The van der Waals surface area contributed by atoms with Crippen molar-refractivity contribution < 1.29 is 9.53 Å². The van der Waals surface area contributed by atoms with E-state index in [1.807, 2.05) is 11.9 Å². The number of nitrogens with zero attached hydrogens (tertiary/aromatic N) is 1. The van der Waals surface area contributed by atoms with Crippen LogP contribution in [0.25, 0.3) is 0 Å². The Labute approximate surface area is 129 Å². The summed E-state index contributed by atoms with van der Waals surface area (Å²) >= 11 is 0. The summed E-state index contributed by atoms with van der Waals surface area (Å²) in [5, 5.41) is 0. The highest BCUT2D eigenvalue weighted by molar-refractivity contribution is 5.85. The van der Waals surface area contributed by atoms with E-state index in [-0.39, 0.29) is 29.1 Å². The van der Waals surface area contributed by atoms with E-state index in [0.717, 1.165) is 38.6 Å². The van der Waals surface area contributed by atoms with Crippen LogP contribution in [-0.4, -0.2) is 44.7 Å². The van der Waals surface area contributed by atoms with Crippen molar-refractivity contribution >= 4 is 18.3 Å². The highest BCUT2D eigenvalue weighted by Crippen LogP contribution is 2.42. The number of nitrogens with two attached hydrogens (primary N) is 1. The molecular formula is C15H31ClN2O2. The number of methoxy groups -OCH3 is 1. The van der Waals surface area contributed by atoms with Gasteiger partial charge in [0.2, 0.25) is 5.91 Å². The molecule has 0 atom stereocenters. The van der Waals surface area contributed by atoms with E-state index in [1.54, 1.807) is 7.11 Å². The maximum Gasteiger partial charge on any atom is 0.228 e. The lowest BCUT2D eigenvalue weighted by atomic mass is 9.81. The third kappa shape index (κ3) is 4.90. The molecule has 0 aliphatic heterocycles. The lowest BCUT2D eigenvalue weighted by molar-refractivity contribution is -0.143. The first kappa shape index (κ1) is 19.7. The number of hydrogen-bond acceptors (Lipinski definition) is 3. The van der Waals surface area contributed by atoms with Crippen molar-refractivity contribution in [1.29, 1.82) is 0 Å². The van der Waals surface area contributed by atoms with Crippen LogP contribution in [0, 0.1) is 10.8 Å². The molecule has 0 aromatic carbocycles. The van der Waals surface area contributed by atoms with Crippen LogP contribution < -0.4 is 5.73 Å². The van der Waals surface area contributed by atoms with Crippen LogP contribution >= 0.6 is 12.4 Å².